The molecule has 4 aromatic rings. The van der Waals surface area contributed by atoms with Crippen molar-refractivity contribution in [2.24, 2.45) is 16.2 Å². The van der Waals surface area contributed by atoms with Crippen molar-refractivity contribution in [3.05, 3.63) is 105 Å². The van der Waals surface area contributed by atoms with Crippen molar-refractivity contribution in [1.82, 2.24) is 31.2 Å². The van der Waals surface area contributed by atoms with Gasteiger partial charge in [0.15, 0.2) is 0 Å². The number of carbonyl (C=O) groups is 5. The minimum atomic E-state index is -0.988. The number of likely N-dealkylation sites (tertiary alicyclic amines) is 1. The zero-order valence-electron chi connectivity index (χ0n) is 39.9. The molecule has 5 amide bonds. The normalized spacial score (nSPS) is 19.8. The van der Waals surface area contributed by atoms with E-state index in [0.717, 1.165) is 21.7 Å². The quantitative estimate of drug-likeness (QED) is 0.0675. The van der Waals surface area contributed by atoms with Crippen molar-refractivity contribution >= 4 is 52.5 Å². The molecular formula is C51H62ClN7O8S. The van der Waals surface area contributed by atoms with Gasteiger partial charge in [0.1, 0.15) is 36.6 Å². The van der Waals surface area contributed by atoms with Gasteiger partial charge in [-0.2, -0.15) is 5.26 Å². The van der Waals surface area contributed by atoms with Crippen molar-refractivity contribution in [3.8, 4) is 22.3 Å². The lowest BCUT2D eigenvalue weighted by atomic mass is 9.49. The number of rotatable bonds is 18. The lowest BCUT2D eigenvalue weighted by Crippen LogP contribution is -2.74. The number of amides is 5. The Balaban J connectivity index is 0.894. The summed E-state index contributed by atoms with van der Waals surface area (Å²) in [5.74, 6) is -1.36. The maximum atomic E-state index is 14.0. The molecule has 68 heavy (non-hydrogen) atoms. The molecule has 0 radical (unpaired) electrons. The number of ether oxygens (including phenoxy) is 2. The van der Waals surface area contributed by atoms with Crippen molar-refractivity contribution in [1.29, 1.82) is 5.26 Å². The van der Waals surface area contributed by atoms with E-state index < -0.39 is 46.2 Å². The van der Waals surface area contributed by atoms with Crippen molar-refractivity contribution < 1.29 is 38.6 Å². The van der Waals surface area contributed by atoms with Gasteiger partial charge < -0.3 is 40.7 Å². The van der Waals surface area contributed by atoms with Crippen LogP contribution in [0.25, 0.3) is 10.4 Å². The minimum absolute atomic E-state index is 0.0340. The molecule has 6 rings (SSSR count). The largest absolute Gasteiger partial charge is 0.489 e. The van der Waals surface area contributed by atoms with Gasteiger partial charge in [-0.15, -0.1) is 11.3 Å². The summed E-state index contributed by atoms with van der Waals surface area (Å²) < 4.78 is 11.9. The predicted octanol–water partition coefficient (Wildman–Crippen LogP) is 6.59. The molecular weight excluding hydrogens is 906 g/mol. The van der Waals surface area contributed by atoms with E-state index in [1.165, 1.54) is 4.90 Å². The van der Waals surface area contributed by atoms with Crippen LogP contribution in [0.2, 0.25) is 5.02 Å². The van der Waals surface area contributed by atoms with E-state index in [0.29, 0.717) is 46.8 Å². The molecule has 1 saturated carbocycles. The van der Waals surface area contributed by atoms with Crippen LogP contribution in [0, 0.1) is 34.5 Å². The maximum Gasteiger partial charge on any atom is 0.251 e. The third-order valence-electron chi connectivity index (χ3n) is 12.8. The number of nitrogens with one attached hydrogen (secondary N) is 4. The molecule has 3 atom stereocenters. The smallest absolute Gasteiger partial charge is 0.251 e. The fourth-order valence-electron chi connectivity index (χ4n) is 9.36. The van der Waals surface area contributed by atoms with Crippen LogP contribution in [-0.4, -0.2) is 101 Å². The number of hydrogen-bond donors (Lipinski definition) is 5. The van der Waals surface area contributed by atoms with E-state index in [2.05, 4.69) is 26.3 Å². The highest BCUT2D eigenvalue weighted by Crippen LogP contribution is 2.55. The Morgan fingerprint density at radius 1 is 0.956 bits per heavy atom. The van der Waals surface area contributed by atoms with Gasteiger partial charge >= 0.3 is 0 Å². The van der Waals surface area contributed by atoms with Crippen molar-refractivity contribution in [3.63, 3.8) is 0 Å². The Bertz CT molecular complexity index is 2500. The minimum Gasteiger partial charge on any atom is -0.489 e. The van der Waals surface area contributed by atoms with Crippen LogP contribution >= 0.6 is 22.9 Å². The molecule has 362 valence electrons. The number of hydrogen-bond acceptors (Lipinski definition) is 11. The first kappa shape index (κ1) is 51.5. The fourth-order valence-corrected chi connectivity index (χ4v) is 10.4. The highest BCUT2D eigenvalue weighted by atomic mass is 35.5. The standard InChI is InChI=1S/C51H62ClN7O8S/c1-30-41(68-29-56-30)32-13-11-31(12-14-32)26-55-45(64)39-23-36(60)27-59(39)46(65)42(49(2,3)4)57-40(61)28-66-22-10-9-21-54-43(62)33-15-17-34(18-16-33)44(63)58-47-50(5,6)48(51(47,7)8)67-37-20-19-35(25-53)38(52)24-37/h11-20,24,29,36,39,42,47-48,60H,9-10,21-23,26-28H2,1-8H3,(H,54,62)(H,55,64)(H,57,61)(H,58,63)/t36-,39+,42-,47-,48-/m1/s1. The van der Waals surface area contributed by atoms with Gasteiger partial charge in [0, 0.05) is 66.7 Å². The Morgan fingerprint density at radius 2 is 1.62 bits per heavy atom. The number of aliphatic hydroxyl groups is 1. The van der Waals surface area contributed by atoms with Crippen molar-refractivity contribution in [2.45, 2.75) is 112 Å². The van der Waals surface area contributed by atoms with Crippen LogP contribution in [0.5, 0.6) is 5.75 Å². The summed E-state index contributed by atoms with van der Waals surface area (Å²) in [6, 6.07) is 19.2. The van der Waals surface area contributed by atoms with Gasteiger partial charge in [0.25, 0.3) is 11.8 Å². The van der Waals surface area contributed by atoms with E-state index >= 15 is 0 Å². The molecule has 3 aromatic carbocycles. The van der Waals surface area contributed by atoms with Crippen molar-refractivity contribution in [2.75, 3.05) is 26.3 Å². The molecule has 2 aliphatic rings. The maximum absolute atomic E-state index is 14.0. The molecule has 15 nitrogen and oxygen atoms in total. The molecule has 1 saturated heterocycles. The number of β-amino-alcohol motifs (C(OH)–C–C–N with tert-alkyl or cyclic N) is 1. The fraction of sp³-hybridized carbons (Fsp3) is 0.471. The molecule has 0 bridgehead atoms. The van der Waals surface area contributed by atoms with Crippen LogP contribution in [0.1, 0.15) is 105 Å². The monoisotopic (exact) mass is 967 g/mol. The Kier molecular flexibility index (Phi) is 16.4. The van der Waals surface area contributed by atoms with Crippen LogP contribution in [-0.2, 0) is 25.7 Å². The molecule has 0 spiro atoms. The van der Waals surface area contributed by atoms with E-state index in [1.807, 2.05) is 85.7 Å². The summed E-state index contributed by atoms with van der Waals surface area (Å²) in [5.41, 5.74) is 4.26. The molecule has 17 heteroatoms. The zero-order valence-corrected chi connectivity index (χ0v) is 41.5. The number of nitrogens with zero attached hydrogens (tertiary/aromatic N) is 3. The van der Waals surface area contributed by atoms with E-state index in [-0.39, 0.29) is 62.6 Å². The molecule has 1 aromatic heterocycles. The average molecular weight is 969 g/mol. The summed E-state index contributed by atoms with van der Waals surface area (Å²) in [6.45, 7) is 16.0. The Hall–Kier alpha value is -5.86. The van der Waals surface area contributed by atoms with Crippen LogP contribution < -0.4 is 26.0 Å². The average Bonchev–Trinajstić information content (AvgIpc) is 3.92. The Labute approximate surface area is 407 Å². The summed E-state index contributed by atoms with van der Waals surface area (Å²) in [5, 5.41) is 31.8. The topological polar surface area (TPSA) is 212 Å². The van der Waals surface area contributed by atoms with Crippen LogP contribution in [0.4, 0.5) is 0 Å². The first-order valence-corrected chi connectivity index (χ1v) is 24.1. The molecule has 1 aliphatic carbocycles. The number of nitriles is 1. The number of aromatic nitrogens is 1. The van der Waals surface area contributed by atoms with Crippen LogP contribution in [0.15, 0.2) is 72.2 Å². The first-order valence-electron chi connectivity index (χ1n) is 22.8. The van der Waals surface area contributed by atoms with E-state index in [9.17, 15) is 34.3 Å². The van der Waals surface area contributed by atoms with E-state index in [4.69, 9.17) is 21.1 Å². The lowest BCUT2D eigenvalue weighted by Gasteiger charge is -2.63. The van der Waals surface area contributed by atoms with E-state index in [1.54, 1.807) is 59.3 Å². The van der Waals surface area contributed by atoms with Gasteiger partial charge in [0.05, 0.1) is 32.8 Å². The summed E-state index contributed by atoms with van der Waals surface area (Å²) in [4.78, 5) is 73.5. The first-order chi connectivity index (χ1) is 32.1. The van der Waals surface area contributed by atoms with Crippen LogP contribution in [0.3, 0.4) is 0 Å². The number of aryl methyl sites for hydroxylation is 1. The number of benzene rings is 3. The summed E-state index contributed by atoms with van der Waals surface area (Å²) >= 11 is 7.79. The second kappa shape index (κ2) is 21.6. The molecule has 0 unspecified atom stereocenters. The highest BCUT2D eigenvalue weighted by Gasteiger charge is 2.64. The molecule has 2 heterocycles. The third kappa shape index (κ3) is 12.0. The number of carbonyl (C=O) groups excluding carboxylic acids is 5. The van der Waals surface area contributed by atoms with Gasteiger partial charge in [0.2, 0.25) is 17.7 Å². The Morgan fingerprint density at radius 3 is 2.22 bits per heavy atom. The highest BCUT2D eigenvalue weighted by molar-refractivity contribution is 7.13. The number of thiazole rings is 1. The van der Waals surface area contributed by atoms with Gasteiger partial charge in [-0.3, -0.25) is 24.0 Å². The SMILES string of the molecule is Cc1ncsc1-c1ccc(CNC(=O)[C@@H]2C[C@@H](O)CN2C(=O)[C@@H](NC(=O)COCCCCNC(=O)c2ccc(C(=O)N[C@H]3C(C)(C)[C@H](Oc4ccc(C#N)c(Cl)c4)C3(C)C)cc2)C(C)(C)C)cc1. The number of aliphatic hydroxyl groups excluding tert-OH is 1. The zero-order chi connectivity index (χ0) is 49.6. The second-order valence-electron chi connectivity index (χ2n) is 19.8. The third-order valence-corrected chi connectivity index (χ3v) is 14.1. The number of halogens is 1. The molecule has 2 fully saturated rings. The van der Waals surface area contributed by atoms with Gasteiger partial charge in [-0.05, 0) is 72.7 Å². The van der Waals surface area contributed by atoms with Gasteiger partial charge in [-0.1, -0.05) is 84.3 Å². The van der Waals surface area contributed by atoms with Gasteiger partial charge in [-0.25, -0.2) is 4.98 Å². The lowest BCUT2D eigenvalue weighted by molar-refractivity contribution is -0.164. The predicted molar refractivity (Wildman–Crippen MR) is 260 cm³/mol. The second-order valence-corrected chi connectivity index (χ2v) is 21.1. The summed E-state index contributed by atoms with van der Waals surface area (Å²) in [7, 11) is 0. The number of unbranched alkanes of at least 4 members (excludes halogenated alkanes) is 1. The molecule has 5 N–H and O–H groups in total. The molecule has 1 aliphatic heterocycles. The summed E-state index contributed by atoms with van der Waals surface area (Å²) in [6.07, 6.45) is 0.0658.